The molecule has 0 aromatic heterocycles. The molecule has 1 aliphatic heterocycles. The summed E-state index contributed by atoms with van der Waals surface area (Å²) < 4.78 is 5.11. The molecule has 67 valence electrons. The van der Waals surface area contributed by atoms with Crippen LogP contribution in [0.1, 0.15) is 6.42 Å². The van der Waals surface area contributed by atoms with E-state index in [1.54, 1.807) is 6.29 Å². The van der Waals surface area contributed by atoms with Crippen molar-refractivity contribution in [3.8, 4) is 0 Å². The van der Waals surface area contributed by atoms with Crippen molar-refractivity contribution in [2.45, 2.75) is 6.42 Å². The summed E-state index contributed by atoms with van der Waals surface area (Å²) in [7, 11) is 0. The highest BCUT2D eigenvalue weighted by atomic mass is 16.5. The van der Waals surface area contributed by atoms with Crippen LogP contribution >= 0.6 is 0 Å². The van der Waals surface area contributed by atoms with Crippen molar-refractivity contribution in [1.29, 1.82) is 0 Å². The molecule has 1 aliphatic rings. The summed E-state index contributed by atoms with van der Waals surface area (Å²) in [5.74, 6) is -0.0631. The van der Waals surface area contributed by atoms with Crippen molar-refractivity contribution in [1.82, 2.24) is 4.90 Å². The average molecular weight is 170 g/mol. The monoisotopic (exact) mass is 170 g/mol. The van der Waals surface area contributed by atoms with E-state index in [2.05, 4.69) is 0 Å². The molecule has 4 heteroatoms. The van der Waals surface area contributed by atoms with Gasteiger partial charge in [-0.1, -0.05) is 0 Å². The van der Waals surface area contributed by atoms with Crippen LogP contribution < -0.4 is 0 Å². The Kier molecular flexibility index (Phi) is 3.90. The van der Waals surface area contributed by atoms with Crippen LogP contribution in [0.5, 0.6) is 0 Å². The summed E-state index contributed by atoms with van der Waals surface area (Å²) in [4.78, 5) is 22.8. The molecule has 1 rings (SSSR count). The second kappa shape index (κ2) is 5.00. The molecule has 0 saturated carbocycles. The second-order valence-electron chi connectivity index (χ2n) is 2.75. The maximum atomic E-state index is 11.0. The summed E-state index contributed by atoms with van der Waals surface area (Å²) in [5, 5.41) is 0. The third-order valence-corrected chi connectivity index (χ3v) is 1.77. The Morgan fingerprint density at radius 1 is 1.42 bits per heavy atom. The van der Waals surface area contributed by atoms with E-state index in [0.717, 1.165) is 13.1 Å². The van der Waals surface area contributed by atoms with Crippen molar-refractivity contribution in [3.05, 3.63) is 0 Å². The molecule has 0 bridgehead atoms. The predicted molar refractivity (Wildman–Crippen MR) is 42.6 cm³/mol. The van der Waals surface area contributed by atoms with Gasteiger partial charge in [-0.05, 0) is 0 Å². The van der Waals surface area contributed by atoms with E-state index in [-0.39, 0.29) is 12.2 Å². The standard InChI is InChI=1S/C8H12NO3/c10-4-1-8(11)7-9-2-5-12-6-3-9/h1-3,5-7H2. The molecule has 0 amide bonds. The van der Waals surface area contributed by atoms with Crippen LogP contribution in [0.25, 0.3) is 0 Å². The van der Waals surface area contributed by atoms with E-state index >= 15 is 0 Å². The number of carbonyl (C=O) groups excluding carboxylic acids is 2. The van der Waals surface area contributed by atoms with Crippen LogP contribution in [0.15, 0.2) is 0 Å². The average Bonchev–Trinajstić information content (AvgIpc) is 2.06. The third-order valence-electron chi connectivity index (χ3n) is 1.77. The first kappa shape index (κ1) is 9.35. The minimum absolute atomic E-state index is 0.0631. The molecule has 12 heavy (non-hydrogen) atoms. The van der Waals surface area contributed by atoms with Gasteiger partial charge in [0.1, 0.15) is 0 Å². The molecule has 0 aromatic rings. The molecule has 1 saturated heterocycles. The first-order chi connectivity index (χ1) is 5.83. The van der Waals surface area contributed by atoms with Crippen molar-refractivity contribution < 1.29 is 14.3 Å². The molecule has 1 fully saturated rings. The van der Waals surface area contributed by atoms with Crippen LogP contribution in [0.3, 0.4) is 0 Å². The number of Topliss-reactive ketones (excluding diaryl/α,β-unsaturated/α-hetero) is 1. The molecule has 0 spiro atoms. The van der Waals surface area contributed by atoms with Gasteiger partial charge in [-0.3, -0.25) is 14.5 Å². The van der Waals surface area contributed by atoms with Gasteiger partial charge in [0, 0.05) is 13.1 Å². The first-order valence-electron chi connectivity index (χ1n) is 3.99. The van der Waals surface area contributed by atoms with E-state index in [0.29, 0.717) is 19.8 Å². The van der Waals surface area contributed by atoms with Crippen molar-refractivity contribution in [2.75, 3.05) is 32.8 Å². The maximum absolute atomic E-state index is 11.0. The largest absolute Gasteiger partial charge is 0.379 e. The Labute approximate surface area is 71.5 Å². The summed E-state index contributed by atoms with van der Waals surface area (Å²) in [6.07, 6.45) is 1.51. The van der Waals surface area contributed by atoms with Crippen molar-refractivity contribution in [2.24, 2.45) is 0 Å². The van der Waals surface area contributed by atoms with E-state index in [9.17, 15) is 9.59 Å². The molecule has 0 N–H and O–H groups in total. The van der Waals surface area contributed by atoms with Gasteiger partial charge in [0.05, 0.1) is 26.2 Å². The highest BCUT2D eigenvalue weighted by molar-refractivity contribution is 5.91. The minimum Gasteiger partial charge on any atom is -0.379 e. The number of hydrogen-bond donors (Lipinski definition) is 0. The zero-order valence-electron chi connectivity index (χ0n) is 6.91. The van der Waals surface area contributed by atoms with Gasteiger partial charge >= 0.3 is 0 Å². The van der Waals surface area contributed by atoms with Crippen LogP contribution in [0, 0.1) is 0 Å². The van der Waals surface area contributed by atoms with Crippen LogP contribution in [0.4, 0.5) is 0 Å². The van der Waals surface area contributed by atoms with Crippen LogP contribution in [0.2, 0.25) is 0 Å². The molecule has 0 atom stereocenters. The van der Waals surface area contributed by atoms with Crippen molar-refractivity contribution in [3.63, 3.8) is 0 Å². The lowest BCUT2D eigenvalue weighted by Crippen LogP contribution is -2.39. The maximum Gasteiger partial charge on any atom is 0.206 e. The van der Waals surface area contributed by atoms with Gasteiger partial charge < -0.3 is 4.74 Å². The van der Waals surface area contributed by atoms with Gasteiger partial charge in [-0.15, -0.1) is 0 Å². The molecule has 1 heterocycles. The lowest BCUT2D eigenvalue weighted by molar-refractivity contribution is -0.120. The zero-order valence-corrected chi connectivity index (χ0v) is 6.91. The zero-order chi connectivity index (χ0) is 8.81. The summed E-state index contributed by atoms with van der Waals surface area (Å²) >= 11 is 0. The summed E-state index contributed by atoms with van der Waals surface area (Å²) in [6, 6.07) is 0. The van der Waals surface area contributed by atoms with E-state index in [4.69, 9.17) is 4.74 Å². The van der Waals surface area contributed by atoms with E-state index in [1.165, 1.54) is 0 Å². The Morgan fingerprint density at radius 3 is 2.67 bits per heavy atom. The van der Waals surface area contributed by atoms with Gasteiger partial charge in [-0.2, -0.15) is 0 Å². The SMILES string of the molecule is O=[C]CC(=O)CN1CCOCC1. The lowest BCUT2D eigenvalue weighted by atomic mass is 10.3. The minimum atomic E-state index is -0.0860. The lowest BCUT2D eigenvalue weighted by Gasteiger charge is -2.25. The molecule has 0 aromatic carbocycles. The quantitative estimate of drug-likeness (QED) is 0.528. The second-order valence-corrected chi connectivity index (χ2v) is 2.75. The molecule has 4 nitrogen and oxygen atoms in total. The molecule has 1 radical (unpaired) electrons. The van der Waals surface area contributed by atoms with Crippen LogP contribution in [-0.2, 0) is 14.3 Å². The molecular weight excluding hydrogens is 158 g/mol. The Morgan fingerprint density at radius 2 is 2.08 bits per heavy atom. The van der Waals surface area contributed by atoms with Gasteiger partial charge in [0.25, 0.3) is 0 Å². The van der Waals surface area contributed by atoms with E-state index < -0.39 is 0 Å². The third kappa shape index (κ3) is 3.11. The molecule has 0 unspecified atom stereocenters. The van der Waals surface area contributed by atoms with E-state index in [1.807, 2.05) is 4.90 Å². The predicted octanol–water partition coefficient (Wildman–Crippen LogP) is -0.612. The Hall–Kier alpha value is -0.740. The number of morpholine rings is 1. The Bertz CT molecular complexity index is 164. The number of rotatable bonds is 4. The number of ether oxygens (including phenoxy) is 1. The normalized spacial score (nSPS) is 19.0. The fourth-order valence-electron chi connectivity index (χ4n) is 1.15. The van der Waals surface area contributed by atoms with Gasteiger partial charge in [0.2, 0.25) is 6.29 Å². The highest BCUT2D eigenvalue weighted by Gasteiger charge is 2.13. The van der Waals surface area contributed by atoms with Gasteiger partial charge in [-0.25, -0.2) is 0 Å². The van der Waals surface area contributed by atoms with Crippen LogP contribution in [-0.4, -0.2) is 49.8 Å². The number of carbonyl (C=O) groups is 1. The molecule has 0 aliphatic carbocycles. The fraction of sp³-hybridized carbons (Fsp3) is 0.750. The first-order valence-corrected chi connectivity index (χ1v) is 3.99. The highest BCUT2D eigenvalue weighted by Crippen LogP contribution is 1.96. The molecular formula is C8H12NO3. The van der Waals surface area contributed by atoms with Gasteiger partial charge in [0.15, 0.2) is 5.78 Å². The smallest absolute Gasteiger partial charge is 0.206 e. The number of ketones is 1. The number of hydrogen-bond acceptors (Lipinski definition) is 4. The number of nitrogens with zero attached hydrogens (tertiary/aromatic N) is 1. The Balaban J connectivity index is 2.19. The topological polar surface area (TPSA) is 46.6 Å². The van der Waals surface area contributed by atoms with Crippen molar-refractivity contribution >= 4 is 12.1 Å². The summed E-state index contributed by atoms with van der Waals surface area (Å²) in [6.45, 7) is 3.28. The fourth-order valence-corrected chi connectivity index (χ4v) is 1.15. The summed E-state index contributed by atoms with van der Waals surface area (Å²) in [5.41, 5.74) is 0.